The SMILES string of the molecule is [2H]C([2H])([2H])NC(=O)c1cnc(NC(=O)C2CC2)cc1Nc1nc(C)cc2c1N(C)[C@@H](C)c1nc(C)cnc1-2. The number of aromatic nitrogens is 4. The molecule has 1 aliphatic heterocycles. The third-order valence-electron chi connectivity index (χ3n) is 6.34. The van der Waals surface area contributed by atoms with Gasteiger partial charge >= 0.3 is 0 Å². The summed E-state index contributed by atoms with van der Waals surface area (Å²) in [6.45, 7) is 3.08. The zero-order valence-corrected chi connectivity index (χ0v) is 19.9. The first-order valence-electron chi connectivity index (χ1n) is 12.9. The molecule has 2 aliphatic rings. The zero-order valence-electron chi connectivity index (χ0n) is 22.9. The molecule has 3 aromatic rings. The Kier molecular flexibility index (Phi) is 4.73. The maximum absolute atomic E-state index is 12.9. The van der Waals surface area contributed by atoms with Gasteiger partial charge in [-0.3, -0.25) is 19.6 Å². The highest BCUT2D eigenvalue weighted by Gasteiger charge is 2.32. The van der Waals surface area contributed by atoms with Crippen molar-refractivity contribution in [2.45, 2.75) is 39.7 Å². The second-order valence-corrected chi connectivity index (χ2v) is 9.00. The summed E-state index contributed by atoms with van der Waals surface area (Å²) in [6.07, 6.45) is 4.61. The lowest BCUT2D eigenvalue weighted by molar-refractivity contribution is -0.117. The normalized spacial score (nSPS) is 17.9. The van der Waals surface area contributed by atoms with E-state index in [2.05, 4.69) is 20.6 Å². The lowest BCUT2D eigenvalue weighted by Gasteiger charge is -2.35. The van der Waals surface area contributed by atoms with E-state index in [1.54, 1.807) is 6.20 Å². The number of carbonyl (C=O) groups is 2. The largest absolute Gasteiger partial charge is 0.363 e. The summed E-state index contributed by atoms with van der Waals surface area (Å²) in [5, 5.41) is 8.00. The van der Waals surface area contributed by atoms with Crippen LogP contribution in [0, 0.1) is 19.8 Å². The van der Waals surface area contributed by atoms with Crippen LogP contribution in [0.2, 0.25) is 0 Å². The molecular formula is C25H28N8O2. The highest BCUT2D eigenvalue weighted by molar-refractivity contribution is 6.02. The van der Waals surface area contributed by atoms with Crippen molar-refractivity contribution in [1.82, 2.24) is 25.3 Å². The highest BCUT2D eigenvalue weighted by Crippen LogP contribution is 2.46. The van der Waals surface area contributed by atoms with E-state index in [9.17, 15) is 9.59 Å². The minimum absolute atomic E-state index is 0.00932. The number of aryl methyl sites for hydroxylation is 2. The molecule has 0 aromatic carbocycles. The van der Waals surface area contributed by atoms with Gasteiger partial charge in [0.15, 0.2) is 5.82 Å². The number of carbonyl (C=O) groups excluding carboxylic acids is 2. The molecule has 180 valence electrons. The fourth-order valence-corrected chi connectivity index (χ4v) is 4.24. The van der Waals surface area contributed by atoms with E-state index in [0.29, 0.717) is 11.5 Å². The number of fused-ring (bicyclic) bond motifs is 3. The average Bonchev–Trinajstić information content (AvgIpc) is 3.67. The Balaban J connectivity index is 1.60. The molecule has 4 heterocycles. The molecule has 3 aromatic heterocycles. The van der Waals surface area contributed by atoms with E-state index in [4.69, 9.17) is 14.1 Å². The fourth-order valence-electron chi connectivity index (χ4n) is 4.24. The van der Waals surface area contributed by atoms with Crippen molar-refractivity contribution in [1.29, 1.82) is 0 Å². The first kappa shape index (κ1) is 19.2. The number of nitrogens with one attached hydrogen (secondary N) is 3. The van der Waals surface area contributed by atoms with E-state index in [1.165, 1.54) is 12.3 Å². The quantitative estimate of drug-likeness (QED) is 0.512. The Morgan fingerprint density at radius 1 is 1.11 bits per heavy atom. The lowest BCUT2D eigenvalue weighted by Crippen LogP contribution is -2.29. The monoisotopic (exact) mass is 475 g/mol. The summed E-state index contributed by atoms with van der Waals surface area (Å²) >= 11 is 0. The molecule has 0 bridgehead atoms. The molecule has 2 amide bonds. The predicted octanol–water partition coefficient (Wildman–Crippen LogP) is 3.51. The Morgan fingerprint density at radius 3 is 2.66 bits per heavy atom. The van der Waals surface area contributed by atoms with E-state index < -0.39 is 12.9 Å². The molecular weight excluding hydrogens is 444 g/mol. The van der Waals surface area contributed by atoms with Crippen LogP contribution in [0.25, 0.3) is 11.3 Å². The van der Waals surface area contributed by atoms with Gasteiger partial charge in [-0.25, -0.2) is 9.97 Å². The van der Waals surface area contributed by atoms with E-state index in [1.807, 2.05) is 44.1 Å². The average molecular weight is 476 g/mol. The van der Waals surface area contributed by atoms with Crippen LogP contribution < -0.4 is 20.9 Å². The van der Waals surface area contributed by atoms with Gasteiger partial charge in [0.25, 0.3) is 5.91 Å². The molecule has 3 N–H and O–H groups in total. The molecule has 0 radical (unpaired) electrons. The van der Waals surface area contributed by atoms with Gasteiger partial charge in [-0.05, 0) is 39.7 Å². The standard InChI is InChI=1S/C25H28N8O2/c1-12-8-16-21-20(29-13(2)10-28-21)14(3)33(5)22(16)23(30-12)31-18-9-19(32-24(34)15-6-7-15)27-11-17(18)25(35)26-4/h8-11,14-15H,6-7H2,1-5H3,(H,26,35)(H2,27,30,31,32,34)/t14-/m0/s1/i4D3. The van der Waals surface area contributed by atoms with E-state index >= 15 is 0 Å². The second-order valence-electron chi connectivity index (χ2n) is 9.00. The van der Waals surface area contributed by atoms with Crippen molar-refractivity contribution < 1.29 is 13.7 Å². The Bertz CT molecular complexity index is 1460. The van der Waals surface area contributed by atoms with Crippen LogP contribution in [0.4, 0.5) is 23.0 Å². The molecule has 0 saturated heterocycles. The molecule has 5 rings (SSSR count). The summed E-state index contributed by atoms with van der Waals surface area (Å²) < 4.78 is 22.3. The van der Waals surface area contributed by atoms with Gasteiger partial charge in [0, 0.05) is 53.8 Å². The number of amides is 2. The third-order valence-corrected chi connectivity index (χ3v) is 6.34. The maximum atomic E-state index is 12.9. The fraction of sp³-hybridized carbons (Fsp3) is 0.360. The van der Waals surface area contributed by atoms with Crippen LogP contribution in [-0.4, -0.2) is 45.8 Å². The topological polar surface area (TPSA) is 125 Å². The number of pyridine rings is 2. The van der Waals surface area contributed by atoms with Crippen molar-refractivity contribution in [2.24, 2.45) is 5.92 Å². The smallest absolute Gasteiger partial charge is 0.254 e. The molecule has 10 nitrogen and oxygen atoms in total. The second kappa shape index (κ2) is 8.61. The summed E-state index contributed by atoms with van der Waals surface area (Å²) in [4.78, 5) is 45.6. The minimum atomic E-state index is -2.69. The van der Waals surface area contributed by atoms with E-state index in [-0.39, 0.29) is 34.9 Å². The molecule has 1 aliphatic carbocycles. The van der Waals surface area contributed by atoms with Crippen LogP contribution in [0.1, 0.15) is 57.4 Å². The summed E-state index contributed by atoms with van der Waals surface area (Å²) in [5.74, 6) is -0.346. The number of rotatable bonds is 5. The molecule has 1 saturated carbocycles. The van der Waals surface area contributed by atoms with Crippen LogP contribution >= 0.6 is 0 Å². The molecule has 10 heteroatoms. The Labute approximate surface area is 207 Å². The van der Waals surface area contributed by atoms with Crippen molar-refractivity contribution in [3.05, 3.63) is 47.2 Å². The van der Waals surface area contributed by atoms with Crippen molar-refractivity contribution in [3.8, 4) is 11.3 Å². The van der Waals surface area contributed by atoms with Gasteiger partial charge in [-0.2, -0.15) is 0 Å². The highest BCUT2D eigenvalue weighted by atomic mass is 16.2. The number of nitrogens with zero attached hydrogens (tertiary/aromatic N) is 5. The molecule has 1 fully saturated rings. The maximum Gasteiger partial charge on any atom is 0.254 e. The minimum Gasteiger partial charge on any atom is -0.363 e. The molecule has 1 atom stereocenters. The lowest BCUT2D eigenvalue weighted by atomic mass is 9.97. The summed E-state index contributed by atoms with van der Waals surface area (Å²) in [7, 11) is 1.93. The van der Waals surface area contributed by atoms with Gasteiger partial charge in [0.1, 0.15) is 5.82 Å². The first-order chi connectivity index (χ1) is 17.9. The van der Waals surface area contributed by atoms with Gasteiger partial charge in [0.2, 0.25) is 5.91 Å². The van der Waals surface area contributed by atoms with Crippen LogP contribution in [-0.2, 0) is 4.79 Å². The van der Waals surface area contributed by atoms with Crippen molar-refractivity contribution in [3.63, 3.8) is 0 Å². The van der Waals surface area contributed by atoms with Crippen LogP contribution in [0.5, 0.6) is 0 Å². The summed E-state index contributed by atoms with van der Waals surface area (Å²) in [6, 6.07) is 3.33. The number of anilines is 4. The van der Waals surface area contributed by atoms with E-state index in [0.717, 1.165) is 41.2 Å². The molecule has 0 unspecified atom stereocenters. The van der Waals surface area contributed by atoms with Crippen molar-refractivity contribution >= 4 is 34.8 Å². The van der Waals surface area contributed by atoms with Gasteiger partial charge in [-0.1, -0.05) is 0 Å². The van der Waals surface area contributed by atoms with Crippen LogP contribution in [0.3, 0.4) is 0 Å². The third kappa shape index (κ3) is 4.16. The van der Waals surface area contributed by atoms with Crippen LogP contribution in [0.15, 0.2) is 24.5 Å². The Morgan fingerprint density at radius 2 is 1.91 bits per heavy atom. The van der Waals surface area contributed by atoms with Crippen molar-refractivity contribution in [2.75, 3.05) is 29.6 Å². The first-order valence-corrected chi connectivity index (χ1v) is 11.4. The van der Waals surface area contributed by atoms with Gasteiger partial charge in [0.05, 0.1) is 40.1 Å². The van der Waals surface area contributed by atoms with Gasteiger partial charge in [-0.15, -0.1) is 0 Å². The predicted molar refractivity (Wildman–Crippen MR) is 134 cm³/mol. The Hall–Kier alpha value is -4.08. The zero-order chi connectivity index (χ0) is 27.4. The molecule has 35 heavy (non-hydrogen) atoms. The number of hydrogen-bond acceptors (Lipinski definition) is 8. The van der Waals surface area contributed by atoms with Gasteiger partial charge < -0.3 is 20.9 Å². The summed E-state index contributed by atoms with van der Waals surface area (Å²) in [5.41, 5.74) is 4.93. The number of hydrogen-bond donors (Lipinski definition) is 3. The molecule has 0 spiro atoms.